The van der Waals surface area contributed by atoms with Crippen molar-refractivity contribution >= 4 is 0 Å². The second-order valence-electron chi connectivity index (χ2n) is 6.68. The van der Waals surface area contributed by atoms with Crippen molar-refractivity contribution in [2.45, 2.75) is 45.6 Å². The third kappa shape index (κ3) is 5.56. The molecular weight excluding hydrogens is 266 g/mol. The number of benzene rings is 1. The molecule has 1 aromatic carbocycles. The highest BCUT2D eigenvalue weighted by atomic mass is 16.5. The summed E-state index contributed by atoms with van der Waals surface area (Å²) in [7, 11) is 1.66. The number of nitrogens with one attached hydrogen (secondary N) is 1. The lowest BCUT2D eigenvalue weighted by Crippen LogP contribution is -2.43. The predicted molar refractivity (Wildman–Crippen MR) is 86.4 cm³/mol. The van der Waals surface area contributed by atoms with Crippen molar-refractivity contribution < 1.29 is 14.6 Å². The first-order chi connectivity index (χ1) is 9.69. The van der Waals surface area contributed by atoms with E-state index in [1.165, 1.54) is 0 Å². The quantitative estimate of drug-likeness (QED) is 0.812. The highest BCUT2D eigenvalue weighted by molar-refractivity contribution is 5.44. The average molecular weight is 295 g/mol. The minimum Gasteiger partial charge on any atom is -0.497 e. The minimum absolute atomic E-state index is 0.0581. The Balaban J connectivity index is 2.88. The Kier molecular flexibility index (Phi) is 6.05. The Hall–Kier alpha value is -1.26. The van der Waals surface area contributed by atoms with Crippen LogP contribution < -0.4 is 14.8 Å². The van der Waals surface area contributed by atoms with Gasteiger partial charge < -0.3 is 19.9 Å². The van der Waals surface area contributed by atoms with Gasteiger partial charge in [0.1, 0.15) is 23.7 Å². The monoisotopic (exact) mass is 295 g/mol. The molecule has 0 heterocycles. The first kappa shape index (κ1) is 17.8. The standard InChI is InChI=1S/C17H29NO3/c1-7-18-11-17(5,19)12-21-15-9-8-13(20-6)10-14(15)16(2,3)4/h8-10,18-19H,7,11-12H2,1-6H3. The second-order valence-corrected chi connectivity index (χ2v) is 6.68. The lowest BCUT2D eigenvalue weighted by molar-refractivity contribution is 0.0122. The van der Waals surface area contributed by atoms with Gasteiger partial charge in [-0.2, -0.15) is 0 Å². The summed E-state index contributed by atoms with van der Waals surface area (Å²) in [6, 6.07) is 5.78. The zero-order valence-electron chi connectivity index (χ0n) is 14.1. The van der Waals surface area contributed by atoms with Crippen LogP contribution in [0.4, 0.5) is 0 Å². The third-order valence-corrected chi connectivity index (χ3v) is 3.29. The summed E-state index contributed by atoms with van der Waals surface area (Å²) >= 11 is 0. The fourth-order valence-corrected chi connectivity index (χ4v) is 2.03. The van der Waals surface area contributed by atoms with E-state index in [0.717, 1.165) is 23.6 Å². The van der Waals surface area contributed by atoms with E-state index in [4.69, 9.17) is 9.47 Å². The molecule has 0 saturated carbocycles. The molecule has 0 spiro atoms. The van der Waals surface area contributed by atoms with Crippen molar-refractivity contribution in [3.05, 3.63) is 23.8 Å². The van der Waals surface area contributed by atoms with Crippen LogP contribution in [0.5, 0.6) is 11.5 Å². The molecule has 0 bridgehead atoms. The molecule has 1 unspecified atom stereocenters. The topological polar surface area (TPSA) is 50.7 Å². The van der Waals surface area contributed by atoms with E-state index in [-0.39, 0.29) is 12.0 Å². The number of hydrogen-bond donors (Lipinski definition) is 2. The summed E-state index contributed by atoms with van der Waals surface area (Å²) in [5, 5.41) is 13.4. The molecule has 0 saturated heterocycles. The largest absolute Gasteiger partial charge is 0.497 e. The van der Waals surface area contributed by atoms with Crippen LogP contribution in [0.1, 0.15) is 40.2 Å². The van der Waals surface area contributed by atoms with E-state index in [1.807, 2.05) is 25.1 Å². The highest BCUT2D eigenvalue weighted by Crippen LogP contribution is 2.34. The summed E-state index contributed by atoms with van der Waals surface area (Å²) in [5.74, 6) is 1.60. The molecule has 0 fully saturated rings. The maximum absolute atomic E-state index is 10.3. The molecule has 1 atom stereocenters. The Morgan fingerprint density at radius 1 is 1.19 bits per heavy atom. The molecule has 4 heteroatoms. The maximum atomic E-state index is 10.3. The molecule has 0 radical (unpaired) electrons. The van der Waals surface area contributed by atoms with Crippen molar-refractivity contribution in [3.8, 4) is 11.5 Å². The van der Waals surface area contributed by atoms with Gasteiger partial charge in [-0.3, -0.25) is 0 Å². The molecule has 0 aliphatic rings. The van der Waals surface area contributed by atoms with Crippen LogP contribution >= 0.6 is 0 Å². The SMILES string of the molecule is CCNCC(C)(O)COc1ccc(OC)cc1C(C)(C)C. The number of likely N-dealkylation sites (N-methyl/N-ethyl adjacent to an activating group) is 1. The van der Waals surface area contributed by atoms with Crippen LogP contribution in [0.2, 0.25) is 0 Å². The summed E-state index contributed by atoms with van der Waals surface area (Å²) < 4.78 is 11.2. The van der Waals surface area contributed by atoms with Gasteiger partial charge in [-0.15, -0.1) is 0 Å². The van der Waals surface area contributed by atoms with Gasteiger partial charge in [0, 0.05) is 12.1 Å². The van der Waals surface area contributed by atoms with E-state index in [9.17, 15) is 5.11 Å². The molecule has 120 valence electrons. The number of hydrogen-bond acceptors (Lipinski definition) is 4. The highest BCUT2D eigenvalue weighted by Gasteiger charge is 2.24. The van der Waals surface area contributed by atoms with Crippen LogP contribution in [-0.2, 0) is 5.41 Å². The molecule has 2 N–H and O–H groups in total. The van der Waals surface area contributed by atoms with Crippen molar-refractivity contribution in [1.29, 1.82) is 0 Å². The van der Waals surface area contributed by atoms with E-state index < -0.39 is 5.60 Å². The van der Waals surface area contributed by atoms with Gasteiger partial charge in [-0.25, -0.2) is 0 Å². The average Bonchev–Trinajstić information content (AvgIpc) is 2.42. The fourth-order valence-electron chi connectivity index (χ4n) is 2.03. The predicted octanol–water partition coefficient (Wildman–Crippen LogP) is 2.73. The fraction of sp³-hybridized carbons (Fsp3) is 0.647. The van der Waals surface area contributed by atoms with E-state index in [0.29, 0.717) is 6.54 Å². The molecule has 0 aliphatic heterocycles. The molecule has 1 rings (SSSR count). The van der Waals surface area contributed by atoms with Crippen LogP contribution in [0.25, 0.3) is 0 Å². The molecule has 0 amide bonds. The van der Waals surface area contributed by atoms with Crippen LogP contribution in [0.3, 0.4) is 0 Å². The molecule has 1 aromatic rings. The second kappa shape index (κ2) is 7.14. The molecule has 21 heavy (non-hydrogen) atoms. The first-order valence-corrected chi connectivity index (χ1v) is 7.44. The van der Waals surface area contributed by atoms with Crippen molar-refractivity contribution in [2.24, 2.45) is 0 Å². The third-order valence-electron chi connectivity index (χ3n) is 3.29. The van der Waals surface area contributed by atoms with Crippen molar-refractivity contribution in [3.63, 3.8) is 0 Å². The van der Waals surface area contributed by atoms with Crippen LogP contribution in [0.15, 0.2) is 18.2 Å². The summed E-state index contributed by atoms with van der Waals surface area (Å²) in [6.07, 6.45) is 0. The van der Waals surface area contributed by atoms with Gasteiger partial charge in [0.2, 0.25) is 0 Å². The first-order valence-electron chi connectivity index (χ1n) is 7.44. The number of rotatable bonds is 7. The van der Waals surface area contributed by atoms with Gasteiger partial charge in [0.25, 0.3) is 0 Å². The Bertz CT molecular complexity index is 450. The Labute approximate surface area is 128 Å². The van der Waals surface area contributed by atoms with Gasteiger partial charge in [0.05, 0.1) is 7.11 Å². The molecule has 4 nitrogen and oxygen atoms in total. The summed E-state index contributed by atoms with van der Waals surface area (Å²) in [6.45, 7) is 11.8. The van der Waals surface area contributed by atoms with Gasteiger partial charge >= 0.3 is 0 Å². The lowest BCUT2D eigenvalue weighted by Gasteiger charge is -2.27. The van der Waals surface area contributed by atoms with E-state index in [1.54, 1.807) is 14.0 Å². The van der Waals surface area contributed by atoms with Gasteiger partial charge in [0.15, 0.2) is 0 Å². The van der Waals surface area contributed by atoms with E-state index in [2.05, 4.69) is 26.1 Å². The normalized spacial score (nSPS) is 14.6. The van der Waals surface area contributed by atoms with Crippen molar-refractivity contribution in [2.75, 3.05) is 26.8 Å². The smallest absolute Gasteiger partial charge is 0.123 e. The number of ether oxygens (including phenoxy) is 2. The molecule has 0 aliphatic carbocycles. The maximum Gasteiger partial charge on any atom is 0.123 e. The molecule has 0 aromatic heterocycles. The number of aliphatic hydroxyl groups is 1. The number of methoxy groups -OCH3 is 1. The van der Waals surface area contributed by atoms with Gasteiger partial charge in [-0.05, 0) is 37.1 Å². The van der Waals surface area contributed by atoms with Gasteiger partial charge in [-0.1, -0.05) is 27.7 Å². The zero-order chi connectivity index (χ0) is 16.1. The lowest BCUT2D eigenvalue weighted by atomic mass is 9.86. The van der Waals surface area contributed by atoms with Crippen LogP contribution in [0, 0.1) is 0 Å². The zero-order valence-corrected chi connectivity index (χ0v) is 14.1. The van der Waals surface area contributed by atoms with E-state index >= 15 is 0 Å². The molecular formula is C17H29NO3. The summed E-state index contributed by atoms with van der Waals surface area (Å²) in [5.41, 5.74) is 0.115. The van der Waals surface area contributed by atoms with Crippen molar-refractivity contribution in [1.82, 2.24) is 5.32 Å². The Morgan fingerprint density at radius 3 is 2.38 bits per heavy atom. The minimum atomic E-state index is -0.898. The Morgan fingerprint density at radius 2 is 1.86 bits per heavy atom. The summed E-state index contributed by atoms with van der Waals surface area (Å²) in [4.78, 5) is 0. The van der Waals surface area contributed by atoms with Crippen LogP contribution in [-0.4, -0.2) is 37.5 Å².